The van der Waals surface area contributed by atoms with Gasteiger partial charge < -0.3 is 14.2 Å². The van der Waals surface area contributed by atoms with Crippen molar-refractivity contribution < 1.29 is 14.2 Å². The Morgan fingerprint density at radius 1 is 0.969 bits per heavy atom. The molecular formula is C28H23NO3. The van der Waals surface area contributed by atoms with Gasteiger partial charge in [-0.2, -0.15) is 5.26 Å². The first-order valence-corrected chi connectivity index (χ1v) is 11.0. The Hall–Kier alpha value is -3.39. The van der Waals surface area contributed by atoms with Crippen molar-refractivity contribution in [3.05, 3.63) is 89.5 Å². The maximum absolute atomic E-state index is 9.51. The Bertz CT molecular complexity index is 1400. The summed E-state index contributed by atoms with van der Waals surface area (Å²) in [5.41, 5.74) is 2.59. The lowest BCUT2D eigenvalue weighted by atomic mass is 9.61. The number of ether oxygens (including phenoxy) is 3. The fourth-order valence-corrected chi connectivity index (χ4v) is 5.83. The summed E-state index contributed by atoms with van der Waals surface area (Å²) < 4.78 is 18.4. The summed E-state index contributed by atoms with van der Waals surface area (Å²) in [6.45, 7) is 2.76. The Balaban J connectivity index is 1.64. The van der Waals surface area contributed by atoms with Crippen LogP contribution in [0.3, 0.4) is 0 Å². The van der Waals surface area contributed by atoms with Crippen LogP contribution in [0.1, 0.15) is 30.0 Å². The predicted octanol–water partition coefficient (Wildman–Crippen LogP) is 5.80. The van der Waals surface area contributed by atoms with E-state index in [1.807, 2.05) is 42.5 Å². The molecule has 0 aliphatic carbocycles. The highest BCUT2D eigenvalue weighted by molar-refractivity contribution is 6.09. The van der Waals surface area contributed by atoms with E-state index in [2.05, 4.69) is 43.3 Å². The summed E-state index contributed by atoms with van der Waals surface area (Å²) in [5.74, 6) is -0.0278. The van der Waals surface area contributed by atoms with E-state index in [1.165, 1.54) is 5.56 Å². The first-order valence-electron chi connectivity index (χ1n) is 11.0. The van der Waals surface area contributed by atoms with Crippen molar-refractivity contribution in [2.24, 2.45) is 0 Å². The summed E-state index contributed by atoms with van der Waals surface area (Å²) >= 11 is 0. The zero-order valence-corrected chi connectivity index (χ0v) is 18.1. The predicted molar refractivity (Wildman–Crippen MR) is 124 cm³/mol. The molecule has 0 amide bonds. The summed E-state index contributed by atoms with van der Waals surface area (Å²) in [7, 11) is 1.68. The van der Waals surface area contributed by atoms with Crippen LogP contribution >= 0.6 is 0 Å². The molecule has 0 bridgehead atoms. The molecule has 2 aliphatic rings. The monoisotopic (exact) mass is 421 g/mol. The fraction of sp³-hybridized carbons (Fsp3) is 0.250. The van der Waals surface area contributed by atoms with Gasteiger partial charge in [0.05, 0.1) is 36.9 Å². The Kier molecular flexibility index (Phi) is 4.10. The van der Waals surface area contributed by atoms with Crippen LogP contribution in [0.4, 0.5) is 0 Å². The van der Waals surface area contributed by atoms with Crippen molar-refractivity contribution in [3.63, 3.8) is 0 Å². The normalized spacial score (nSPS) is 26.5. The van der Waals surface area contributed by atoms with Gasteiger partial charge in [0.25, 0.3) is 0 Å². The van der Waals surface area contributed by atoms with Gasteiger partial charge in [-0.05, 0) is 70.8 Å². The van der Waals surface area contributed by atoms with Crippen molar-refractivity contribution >= 4 is 21.5 Å². The number of nitrogens with zero attached hydrogens (tertiary/aromatic N) is 1. The SMILES string of the molecule is COc1ccc([C@@]23CCO[C@]2(c2cc4ccccc4c4cc(C#N)ccc24)O[C@@H]3C)cc1. The average molecular weight is 421 g/mol. The molecule has 0 spiro atoms. The third kappa shape index (κ3) is 2.33. The van der Waals surface area contributed by atoms with Crippen LogP contribution in [-0.2, 0) is 20.7 Å². The molecule has 4 heteroatoms. The molecule has 0 saturated carbocycles. The smallest absolute Gasteiger partial charge is 0.208 e. The highest BCUT2D eigenvalue weighted by atomic mass is 16.7. The third-order valence-electron chi connectivity index (χ3n) is 7.38. The summed E-state index contributed by atoms with van der Waals surface area (Å²) in [4.78, 5) is 0. The van der Waals surface area contributed by atoms with Gasteiger partial charge in [0.15, 0.2) is 0 Å². The number of hydrogen-bond donors (Lipinski definition) is 0. The quantitative estimate of drug-likeness (QED) is 0.392. The van der Waals surface area contributed by atoms with Gasteiger partial charge in [-0.15, -0.1) is 0 Å². The lowest BCUT2D eigenvalue weighted by Crippen LogP contribution is -2.66. The molecule has 2 fully saturated rings. The molecule has 4 nitrogen and oxygen atoms in total. The largest absolute Gasteiger partial charge is 0.497 e. The summed E-state index contributed by atoms with van der Waals surface area (Å²) in [5, 5.41) is 13.9. The zero-order valence-electron chi connectivity index (χ0n) is 18.1. The molecule has 0 unspecified atom stereocenters. The molecule has 4 aromatic rings. The van der Waals surface area contributed by atoms with Crippen LogP contribution in [0.25, 0.3) is 21.5 Å². The minimum absolute atomic E-state index is 0.0123. The maximum Gasteiger partial charge on any atom is 0.208 e. The van der Waals surface area contributed by atoms with Crippen molar-refractivity contribution in [2.75, 3.05) is 13.7 Å². The average Bonchev–Trinajstić information content (AvgIpc) is 3.16. The molecule has 2 saturated heterocycles. The third-order valence-corrected chi connectivity index (χ3v) is 7.38. The number of rotatable bonds is 3. The van der Waals surface area contributed by atoms with Crippen LogP contribution in [0.5, 0.6) is 5.75 Å². The minimum Gasteiger partial charge on any atom is -0.497 e. The van der Waals surface area contributed by atoms with Gasteiger partial charge in [0.1, 0.15) is 5.75 Å². The zero-order chi connectivity index (χ0) is 21.9. The molecule has 0 N–H and O–H groups in total. The second kappa shape index (κ2) is 6.80. The Morgan fingerprint density at radius 2 is 1.78 bits per heavy atom. The van der Waals surface area contributed by atoms with Crippen molar-refractivity contribution in [1.82, 2.24) is 0 Å². The van der Waals surface area contributed by atoms with E-state index >= 15 is 0 Å². The van der Waals surface area contributed by atoms with Crippen LogP contribution in [0, 0.1) is 11.3 Å². The molecule has 32 heavy (non-hydrogen) atoms. The molecule has 3 atom stereocenters. The standard InChI is InChI=1S/C28H23NO3/c1-18-27(21-8-10-22(30-2)11-9-21)13-14-31-28(27,32-18)26-16-20-5-3-4-6-23(20)25-15-19(17-29)7-12-24(25)26/h3-12,15-16,18H,13-14H2,1-2H3/t18-,27+,28-/m1/s1. The van der Waals surface area contributed by atoms with Crippen molar-refractivity contribution in [1.29, 1.82) is 5.26 Å². The fourth-order valence-electron chi connectivity index (χ4n) is 5.83. The van der Waals surface area contributed by atoms with Gasteiger partial charge in [-0.1, -0.05) is 42.5 Å². The summed E-state index contributed by atoms with van der Waals surface area (Å²) in [6.07, 6.45) is 0.892. The van der Waals surface area contributed by atoms with Crippen molar-refractivity contribution in [3.8, 4) is 11.8 Å². The number of fused-ring (bicyclic) bond motifs is 4. The minimum atomic E-state index is -0.864. The molecule has 0 aromatic heterocycles. The highest BCUT2D eigenvalue weighted by Crippen LogP contribution is 2.64. The van der Waals surface area contributed by atoms with Crippen LogP contribution in [-0.4, -0.2) is 19.8 Å². The van der Waals surface area contributed by atoms with Gasteiger partial charge in [-0.3, -0.25) is 0 Å². The van der Waals surface area contributed by atoms with Gasteiger partial charge in [0.2, 0.25) is 5.79 Å². The van der Waals surface area contributed by atoms with E-state index < -0.39 is 5.79 Å². The Labute approximate surface area is 186 Å². The lowest BCUT2D eigenvalue weighted by molar-refractivity contribution is -0.370. The number of nitriles is 1. The maximum atomic E-state index is 9.51. The van der Waals surface area contributed by atoms with Gasteiger partial charge in [0, 0.05) is 5.56 Å². The van der Waals surface area contributed by atoms with E-state index in [1.54, 1.807) is 7.11 Å². The van der Waals surface area contributed by atoms with E-state index in [9.17, 15) is 5.26 Å². The van der Waals surface area contributed by atoms with Crippen LogP contribution in [0.2, 0.25) is 0 Å². The van der Waals surface area contributed by atoms with Gasteiger partial charge in [-0.25, -0.2) is 0 Å². The number of benzene rings is 4. The van der Waals surface area contributed by atoms with E-state index in [-0.39, 0.29) is 11.5 Å². The molecule has 2 aliphatic heterocycles. The first kappa shape index (κ1) is 19.3. The van der Waals surface area contributed by atoms with Crippen LogP contribution in [0.15, 0.2) is 72.8 Å². The van der Waals surface area contributed by atoms with E-state index in [0.29, 0.717) is 12.2 Å². The van der Waals surface area contributed by atoms with Gasteiger partial charge >= 0.3 is 0 Å². The summed E-state index contributed by atoms with van der Waals surface area (Å²) in [6, 6.07) is 27.0. The highest BCUT2D eigenvalue weighted by Gasteiger charge is 2.71. The first-order chi connectivity index (χ1) is 15.6. The van der Waals surface area contributed by atoms with E-state index in [4.69, 9.17) is 14.2 Å². The number of methoxy groups -OCH3 is 1. The molecule has 2 heterocycles. The van der Waals surface area contributed by atoms with Crippen LogP contribution < -0.4 is 4.74 Å². The Morgan fingerprint density at radius 3 is 2.53 bits per heavy atom. The number of hydrogen-bond acceptors (Lipinski definition) is 4. The van der Waals surface area contributed by atoms with Crippen molar-refractivity contribution in [2.45, 2.75) is 30.7 Å². The molecular weight excluding hydrogens is 398 g/mol. The molecule has 158 valence electrons. The topological polar surface area (TPSA) is 51.5 Å². The molecule has 6 rings (SSSR count). The second-order valence-electron chi connectivity index (χ2n) is 8.69. The molecule has 0 radical (unpaired) electrons. The second-order valence-corrected chi connectivity index (χ2v) is 8.69. The van der Waals surface area contributed by atoms with E-state index in [0.717, 1.165) is 39.3 Å². The molecule has 4 aromatic carbocycles. The lowest BCUT2D eigenvalue weighted by Gasteiger charge is -2.58.